The van der Waals surface area contributed by atoms with Crippen molar-refractivity contribution in [3.8, 4) is 0 Å². The van der Waals surface area contributed by atoms with Gasteiger partial charge in [-0.3, -0.25) is 4.79 Å². The third-order valence-electron chi connectivity index (χ3n) is 3.65. The molecule has 0 radical (unpaired) electrons. The van der Waals surface area contributed by atoms with Gasteiger partial charge < -0.3 is 10.1 Å². The van der Waals surface area contributed by atoms with Crippen molar-refractivity contribution >= 4 is 23.2 Å². The summed E-state index contributed by atoms with van der Waals surface area (Å²) < 4.78 is 5.44. The second-order valence-electron chi connectivity index (χ2n) is 5.99. The minimum Gasteiger partial charge on any atom is -0.448 e. The first-order chi connectivity index (χ1) is 10.1. The maximum Gasteiger partial charge on any atom is 0.349 e. The Bertz CT molecular complexity index is 464. The van der Waals surface area contributed by atoms with E-state index in [1.165, 1.54) is 11.3 Å². The molecule has 5 heteroatoms. The maximum absolute atomic E-state index is 12.4. The molecule has 0 aromatic carbocycles. The van der Waals surface area contributed by atoms with E-state index < -0.39 is 12.1 Å². The van der Waals surface area contributed by atoms with Gasteiger partial charge in [-0.05, 0) is 36.6 Å². The number of carbonyl (C=O) groups excluding carboxylic acids is 2. The van der Waals surface area contributed by atoms with E-state index in [0.717, 1.165) is 25.7 Å². The minimum absolute atomic E-state index is 0.152. The summed E-state index contributed by atoms with van der Waals surface area (Å²) >= 11 is 1.33. The van der Waals surface area contributed by atoms with E-state index in [-0.39, 0.29) is 11.9 Å². The molecule has 0 spiro atoms. The molecular formula is C16H23NO3S. The zero-order valence-corrected chi connectivity index (χ0v) is 13.4. The highest BCUT2D eigenvalue weighted by molar-refractivity contribution is 7.11. The van der Waals surface area contributed by atoms with Gasteiger partial charge in [0.2, 0.25) is 0 Å². The molecule has 0 bridgehead atoms. The summed E-state index contributed by atoms with van der Waals surface area (Å²) in [5, 5.41) is 4.85. The highest BCUT2D eigenvalue weighted by Crippen LogP contribution is 2.19. The SMILES string of the molecule is CC(C)C[C@H](OC(=O)c1cccs1)C(=O)NC1CCCC1. The summed E-state index contributed by atoms with van der Waals surface area (Å²) in [6.07, 6.45) is 4.23. The lowest BCUT2D eigenvalue weighted by atomic mass is 10.0. The van der Waals surface area contributed by atoms with Gasteiger partial charge in [-0.1, -0.05) is 32.8 Å². The van der Waals surface area contributed by atoms with Crippen LogP contribution in [-0.4, -0.2) is 24.0 Å². The molecule has 1 fully saturated rings. The molecule has 21 heavy (non-hydrogen) atoms. The first-order valence-corrected chi connectivity index (χ1v) is 8.49. The molecule has 0 saturated heterocycles. The van der Waals surface area contributed by atoms with Crippen molar-refractivity contribution in [1.82, 2.24) is 5.32 Å². The first-order valence-electron chi connectivity index (χ1n) is 7.61. The number of hydrogen-bond acceptors (Lipinski definition) is 4. The third kappa shape index (κ3) is 4.84. The van der Waals surface area contributed by atoms with Gasteiger partial charge in [-0.2, -0.15) is 0 Å². The maximum atomic E-state index is 12.4. The van der Waals surface area contributed by atoms with E-state index in [9.17, 15) is 9.59 Å². The number of esters is 1. The fourth-order valence-electron chi connectivity index (χ4n) is 2.58. The third-order valence-corrected chi connectivity index (χ3v) is 4.50. The Labute approximate surface area is 129 Å². The fourth-order valence-corrected chi connectivity index (χ4v) is 3.19. The van der Waals surface area contributed by atoms with Crippen LogP contribution in [0.5, 0.6) is 0 Å². The summed E-state index contributed by atoms with van der Waals surface area (Å²) in [6, 6.07) is 3.76. The molecule has 1 aliphatic rings. The van der Waals surface area contributed by atoms with E-state index in [1.807, 2.05) is 19.2 Å². The van der Waals surface area contributed by atoms with E-state index in [1.54, 1.807) is 12.1 Å². The average Bonchev–Trinajstić information content (AvgIpc) is 3.10. The Balaban J connectivity index is 1.95. The molecule has 0 aliphatic heterocycles. The summed E-state index contributed by atoms with van der Waals surface area (Å²) in [6.45, 7) is 4.05. The standard InChI is InChI=1S/C16H23NO3S/c1-11(2)10-13(15(18)17-12-6-3-4-7-12)20-16(19)14-8-5-9-21-14/h5,8-9,11-13H,3-4,6-7,10H2,1-2H3,(H,17,18)/t13-/m0/s1. The van der Waals surface area contributed by atoms with Gasteiger partial charge in [0.25, 0.3) is 5.91 Å². The summed E-state index contributed by atoms with van der Waals surface area (Å²) in [7, 11) is 0. The minimum atomic E-state index is -0.694. The molecule has 1 aliphatic carbocycles. The smallest absolute Gasteiger partial charge is 0.349 e. The van der Waals surface area contributed by atoms with Gasteiger partial charge in [-0.15, -0.1) is 11.3 Å². The van der Waals surface area contributed by atoms with Crippen LogP contribution in [-0.2, 0) is 9.53 Å². The lowest BCUT2D eigenvalue weighted by Crippen LogP contribution is -2.42. The predicted molar refractivity (Wildman–Crippen MR) is 83.4 cm³/mol. The molecule has 1 atom stereocenters. The highest BCUT2D eigenvalue weighted by Gasteiger charge is 2.27. The van der Waals surface area contributed by atoms with E-state index >= 15 is 0 Å². The lowest BCUT2D eigenvalue weighted by molar-refractivity contribution is -0.131. The fraction of sp³-hybridized carbons (Fsp3) is 0.625. The number of rotatable bonds is 6. The highest BCUT2D eigenvalue weighted by atomic mass is 32.1. The molecule has 1 heterocycles. The van der Waals surface area contributed by atoms with Gasteiger partial charge in [0.1, 0.15) is 4.88 Å². The summed E-state index contributed by atoms with van der Waals surface area (Å²) in [5.41, 5.74) is 0. The van der Waals surface area contributed by atoms with Gasteiger partial charge in [-0.25, -0.2) is 4.79 Å². The van der Waals surface area contributed by atoms with Crippen molar-refractivity contribution in [1.29, 1.82) is 0 Å². The van der Waals surface area contributed by atoms with Crippen molar-refractivity contribution in [3.63, 3.8) is 0 Å². The van der Waals surface area contributed by atoms with Crippen LogP contribution in [0.4, 0.5) is 0 Å². The second-order valence-corrected chi connectivity index (χ2v) is 6.94. The molecule has 0 unspecified atom stereocenters. The molecule has 1 N–H and O–H groups in total. The van der Waals surface area contributed by atoms with Gasteiger partial charge in [0.15, 0.2) is 6.10 Å². The predicted octanol–water partition coefficient (Wildman–Crippen LogP) is 3.38. The van der Waals surface area contributed by atoms with Crippen LogP contribution in [0.1, 0.15) is 55.6 Å². The van der Waals surface area contributed by atoms with Crippen molar-refractivity contribution in [2.45, 2.75) is 58.1 Å². The number of carbonyl (C=O) groups is 2. The number of hydrogen-bond donors (Lipinski definition) is 1. The Kier molecular flexibility index (Phi) is 5.79. The average molecular weight is 309 g/mol. The topological polar surface area (TPSA) is 55.4 Å². The van der Waals surface area contributed by atoms with Gasteiger partial charge in [0.05, 0.1) is 0 Å². The molecule has 116 valence electrons. The zero-order chi connectivity index (χ0) is 15.2. The Hall–Kier alpha value is -1.36. The molecular weight excluding hydrogens is 286 g/mol. The number of ether oxygens (including phenoxy) is 1. The number of thiophene rings is 1. The van der Waals surface area contributed by atoms with E-state index in [0.29, 0.717) is 17.2 Å². The van der Waals surface area contributed by atoms with Crippen molar-refractivity contribution in [2.24, 2.45) is 5.92 Å². The molecule has 1 saturated carbocycles. The largest absolute Gasteiger partial charge is 0.448 e. The zero-order valence-electron chi connectivity index (χ0n) is 12.6. The summed E-state index contributed by atoms with van der Waals surface area (Å²) in [4.78, 5) is 24.9. The Morgan fingerprint density at radius 3 is 2.67 bits per heavy atom. The first kappa shape index (κ1) is 16.0. The van der Waals surface area contributed by atoms with Crippen LogP contribution in [0.15, 0.2) is 17.5 Å². The van der Waals surface area contributed by atoms with Crippen LogP contribution in [0, 0.1) is 5.92 Å². The number of nitrogens with one attached hydrogen (secondary N) is 1. The van der Waals surface area contributed by atoms with Crippen molar-refractivity contribution < 1.29 is 14.3 Å². The van der Waals surface area contributed by atoms with Crippen LogP contribution in [0.2, 0.25) is 0 Å². The van der Waals surface area contributed by atoms with Gasteiger partial charge in [0, 0.05) is 6.04 Å². The lowest BCUT2D eigenvalue weighted by Gasteiger charge is -2.21. The summed E-state index contributed by atoms with van der Waals surface area (Å²) in [5.74, 6) is -0.266. The van der Waals surface area contributed by atoms with E-state index in [4.69, 9.17) is 4.74 Å². The van der Waals surface area contributed by atoms with Crippen LogP contribution in [0.3, 0.4) is 0 Å². The molecule has 2 rings (SSSR count). The van der Waals surface area contributed by atoms with Crippen LogP contribution < -0.4 is 5.32 Å². The molecule has 1 aromatic rings. The molecule has 1 aromatic heterocycles. The molecule has 1 amide bonds. The second kappa shape index (κ2) is 7.59. The van der Waals surface area contributed by atoms with Crippen molar-refractivity contribution in [3.05, 3.63) is 22.4 Å². The van der Waals surface area contributed by atoms with Crippen LogP contribution >= 0.6 is 11.3 Å². The molecule has 4 nitrogen and oxygen atoms in total. The Morgan fingerprint density at radius 1 is 1.38 bits per heavy atom. The van der Waals surface area contributed by atoms with Gasteiger partial charge >= 0.3 is 5.97 Å². The van der Waals surface area contributed by atoms with Crippen molar-refractivity contribution in [2.75, 3.05) is 0 Å². The number of amides is 1. The monoisotopic (exact) mass is 309 g/mol. The quantitative estimate of drug-likeness (QED) is 0.820. The van der Waals surface area contributed by atoms with E-state index in [2.05, 4.69) is 5.32 Å². The normalized spacial score (nSPS) is 16.9. The Morgan fingerprint density at radius 2 is 2.10 bits per heavy atom. The van der Waals surface area contributed by atoms with Crippen LogP contribution in [0.25, 0.3) is 0 Å².